The van der Waals surface area contributed by atoms with E-state index < -0.39 is 5.69 Å². The predicted molar refractivity (Wildman–Crippen MR) is 142 cm³/mol. The molecule has 0 radical (unpaired) electrons. The Morgan fingerprint density at radius 2 is 1.26 bits per heavy atom. The van der Waals surface area contributed by atoms with Crippen molar-refractivity contribution in [3.05, 3.63) is 99.3 Å². The number of nitrogens with one attached hydrogen (secondary N) is 3. The number of hydrogen-bond acceptors (Lipinski definition) is 9. The molecule has 0 aliphatic rings. The average molecular weight is 553 g/mol. The van der Waals surface area contributed by atoms with Crippen molar-refractivity contribution in [2.45, 2.75) is 17.6 Å². The SMILES string of the molecule is CSCn1ccc(=O)[nH]c1=O.CSCn1ccc(=O)n(CSC)c1=O.O.O.O=c1cc[nH]c(=O)[nH]1. The van der Waals surface area contributed by atoms with E-state index in [1.165, 1.54) is 74.0 Å². The Bertz CT molecular complexity index is 1330. The van der Waals surface area contributed by atoms with Crippen LogP contribution in [0.3, 0.4) is 0 Å². The molecule has 7 N–H and O–H groups in total. The first-order valence-corrected chi connectivity index (χ1v) is 13.3. The molecule has 3 aromatic heterocycles. The van der Waals surface area contributed by atoms with Crippen LogP contribution in [-0.2, 0) is 17.6 Å². The molecule has 3 rings (SSSR count). The summed E-state index contributed by atoms with van der Waals surface area (Å²) in [5.41, 5.74) is -2.03. The topological polar surface area (TPSA) is 228 Å². The van der Waals surface area contributed by atoms with Crippen LogP contribution in [0.5, 0.6) is 0 Å². The first kappa shape index (κ1) is 34.2. The Balaban J connectivity index is 0. The van der Waals surface area contributed by atoms with Crippen LogP contribution >= 0.6 is 35.3 Å². The van der Waals surface area contributed by atoms with E-state index >= 15 is 0 Å². The number of nitrogens with zero attached hydrogens (tertiary/aromatic N) is 3. The number of aromatic nitrogens is 6. The van der Waals surface area contributed by atoms with Crippen LogP contribution in [0.15, 0.2) is 65.6 Å². The van der Waals surface area contributed by atoms with Gasteiger partial charge in [-0.15, -0.1) is 35.3 Å². The van der Waals surface area contributed by atoms with Crippen LogP contribution < -0.4 is 33.7 Å². The highest BCUT2D eigenvalue weighted by Gasteiger charge is 2.03. The molecule has 196 valence electrons. The molecule has 0 atom stereocenters. The van der Waals surface area contributed by atoms with Crippen molar-refractivity contribution < 1.29 is 11.0 Å². The van der Waals surface area contributed by atoms with Crippen LogP contribution in [0.1, 0.15) is 0 Å². The van der Waals surface area contributed by atoms with Crippen molar-refractivity contribution in [2.75, 3.05) is 18.8 Å². The quantitative estimate of drug-likeness (QED) is 0.304. The van der Waals surface area contributed by atoms with Gasteiger partial charge < -0.3 is 15.9 Å². The van der Waals surface area contributed by atoms with E-state index in [9.17, 15) is 28.8 Å². The summed E-state index contributed by atoms with van der Waals surface area (Å²) in [5, 5.41) is 0. The van der Waals surface area contributed by atoms with Gasteiger partial charge >= 0.3 is 17.1 Å². The third-order valence-electron chi connectivity index (χ3n) is 3.52. The van der Waals surface area contributed by atoms with E-state index in [2.05, 4.69) is 9.97 Å². The van der Waals surface area contributed by atoms with Gasteiger partial charge in [0.05, 0.1) is 17.6 Å². The number of aromatic amines is 3. The lowest BCUT2D eigenvalue weighted by molar-refractivity contribution is 0.671. The monoisotopic (exact) mass is 552 g/mol. The summed E-state index contributed by atoms with van der Waals surface area (Å²) in [6.07, 6.45) is 9.97. The lowest BCUT2D eigenvalue weighted by Gasteiger charge is -2.06. The Kier molecular flexibility index (Phi) is 17.9. The van der Waals surface area contributed by atoms with Crippen molar-refractivity contribution in [2.24, 2.45) is 0 Å². The Morgan fingerprint density at radius 1 is 0.714 bits per heavy atom. The van der Waals surface area contributed by atoms with Crippen LogP contribution in [0.4, 0.5) is 0 Å². The Hall–Kier alpha value is -2.99. The molecule has 0 unspecified atom stereocenters. The summed E-state index contributed by atoms with van der Waals surface area (Å²) >= 11 is 4.51. The molecule has 0 saturated carbocycles. The van der Waals surface area contributed by atoms with Gasteiger partial charge in [0.15, 0.2) is 0 Å². The van der Waals surface area contributed by atoms with Gasteiger partial charge in [0.25, 0.3) is 16.7 Å². The molecule has 0 aliphatic carbocycles. The molecule has 0 aliphatic heterocycles. The number of rotatable bonds is 6. The molecule has 0 fully saturated rings. The minimum absolute atomic E-state index is 0. The average Bonchev–Trinajstić information content (AvgIpc) is 2.76. The van der Waals surface area contributed by atoms with Gasteiger partial charge in [0.1, 0.15) is 0 Å². The van der Waals surface area contributed by atoms with E-state index in [0.717, 1.165) is 0 Å². The second kappa shape index (κ2) is 18.4. The van der Waals surface area contributed by atoms with E-state index in [1.807, 2.05) is 23.8 Å². The van der Waals surface area contributed by atoms with Crippen LogP contribution in [0.25, 0.3) is 0 Å². The van der Waals surface area contributed by atoms with E-state index in [0.29, 0.717) is 17.6 Å². The molecule has 0 spiro atoms. The number of H-pyrrole nitrogens is 3. The Labute approximate surface area is 210 Å². The molecule has 0 amide bonds. The van der Waals surface area contributed by atoms with Crippen LogP contribution in [0.2, 0.25) is 0 Å². The summed E-state index contributed by atoms with van der Waals surface area (Å²) in [6.45, 7) is 0. The van der Waals surface area contributed by atoms with E-state index in [1.54, 1.807) is 11.8 Å². The van der Waals surface area contributed by atoms with Crippen molar-refractivity contribution >= 4 is 35.3 Å². The molecule has 0 bridgehead atoms. The predicted octanol–water partition coefficient (Wildman–Crippen LogP) is -2.08. The summed E-state index contributed by atoms with van der Waals surface area (Å²) in [6, 6.07) is 3.99. The first-order chi connectivity index (χ1) is 15.7. The highest BCUT2D eigenvalue weighted by atomic mass is 32.2. The molecule has 3 aromatic rings. The third-order valence-corrected chi connectivity index (χ3v) is 5.11. The maximum atomic E-state index is 11.7. The maximum Gasteiger partial charge on any atom is 0.332 e. The molecule has 35 heavy (non-hydrogen) atoms. The smallest absolute Gasteiger partial charge is 0.332 e. The van der Waals surface area contributed by atoms with Gasteiger partial charge in [-0.2, -0.15) is 0 Å². The van der Waals surface area contributed by atoms with Crippen molar-refractivity contribution in [1.29, 1.82) is 0 Å². The van der Waals surface area contributed by atoms with E-state index in [4.69, 9.17) is 0 Å². The zero-order valence-corrected chi connectivity index (χ0v) is 21.6. The van der Waals surface area contributed by atoms with Gasteiger partial charge in [-0.3, -0.25) is 38.1 Å². The highest BCUT2D eigenvalue weighted by molar-refractivity contribution is 7.98. The third kappa shape index (κ3) is 12.3. The molecular weight excluding hydrogens is 524 g/mol. The zero-order chi connectivity index (χ0) is 24.8. The molecular formula is C18H28N6O8S3. The lowest BCUT2D eigenvalue weighted by Crippen LogP contribution is -2.38. The molecule has 3 heterocycles. The summed E-state index contributed by atoms with van der Waals surface area (Å²) < 4.78 is 4.20. The first-order valence-electron chi connectivity index (χ1n) is 9.08. The number of hydrogen-bond donors (Lipinski definition) is 3. The fourth-order valence-electron chi connectivity index (χ4n) is 2.11. The molecule has 0 aromatic carbocycles. The van der Waals surface area contributed by atoms with Crippen LogP contribution in [-0.4, -0.2) is 58.4 Å². The fraction of sp³-hybridized carbons (Fsp3) is 0.333. The lowest BCUT2D eigenvalue weighted by atomic mass is 10.6. The summed E-state index contributed by atoms with van der Waals surface area (Å²) in [4.78, 5) is 71.3. The van der Waals surface area contributed by atoms with Gasteiger partial charge in [0, 0.05) is 36.8 Å². The Morgan fingerprint density at radius 3 is 1.74 bits per heavy atom. The van der Waals surface area contributed by atoms with Crippen molar-refractivity contribution in [3.8, 4) is 0 Å². The zero-order valence-electron chi connectivity index (χ0n) is 19.1. The maximum absolute atomic E-state index is 11.7. The largest absolute Gasteiger partial charge is 0.412 e. The van der Waals surface area contributed by atoms with Crippen LogP contribution in [0, 0.1) is 0 Å². The second-order valence-electron chi connectivity index (χ2n) is 5.96. The second-order valence-corrected chi connectivity index (χ2v) is 8.47. The minimum Gasteiger partial charge on any atom is -0.412 e. The van der Waals surface area contributed by atoms with Gasteiger partial charge in [0.2, 0.25) is 0 Å². The molecule has 0 saturated heterocycles. The van der Waals surface area contributed by atoms with Gasteiger partial charge in [-0.25, -0.2) is 14.4 Å². The molecule has 17 heteroatoms. The van der Waals surface area contributed by atoms with Crippen molar-refractivity contribution in [1.82, 2.24) is 28.7 Å². The van der Waals surface area contributed by atoms with Crippen molar-refractivity contribution in [3.63, 3.8) is 0 Å². The number of thioether (sulfide) groups is 3. The summed E-state index contributed by atoms with van der Waals surface area (Å²) in [5.74, 6) is 1.55. The summed E-state index contributed by atoms with van der Waals surface area (Å²) in [7, 11) is 0. The minimum atomic E-state index is -0.475. The van der Waals surface area contributed by atoms with Gasteiger partial charge in [-0.1, -0.05) is 0 Å². The normalized spacial score (nSPS) is 9.34. The standard InChI is InChI=1S/C8H12N2O2S2.C6H8N2O2S.C4H4N2O2.2H2O/c1-13-5-9-4-3-7(11)10(6-14-2)8(9)12;1-11-4-8-3-2-5(9)7-6(8)10;7-3-1-2-5-4(8)6-3;;/h3-4H,5-6H2,1-2H3;2-3H,4H2,1H3,(H,7,9,10);1-2H,(H2,5,6,7,8);2*1H2. The highest BCUT2D eigenvalue weighted by Crippen LogP contribution is 1.96. The fourth-order valence-corrected chi connectivity index (χ4v) is 3.56. The van der Waals surface area contributed by atoms with E-state index in [-0.39, 0.29) is 39.0 Å². The molecule has 14 nitrogen and oxygen atoms in total. The van der Waals surface area contributed by atoms with Gasteiger partial charge in [-0.05, 0) is 18.8 Å².